The molecule has 18 heavy (non-hydrogen) atoms. The number of hydrogen-bond donors (Lipinski definition) is 1. The number of alkyl halides is 2. The predicted octanol–water partition coefficient (Wildman–Crippen LogP) is 3.88. The largest absolute Gasteiger partial charge is 0.330 e. The quantitative estimate of drug-likeness (QED) is 0.872. The van der Waals surface area contributed by atoms with Crippen molar-refractivity contribution in [2.45, 2.75) is 37.0 Å². The Morgan fingerprint density at radius 2 is 1.72 bits per heavy atom. The molecule has 0 amide bonds. The lowest BCUT2D eigenvalue weighted by Crippen LogP contribution is -2.42. The first-order chi connectivity index (χ1) is 8.37. The summed E-state index contributed by atoms with van der Waals surface area (Å²) in [6.07, 6.45) is 0.100. The minimum absolute atomic E-state index is 0.210. The van der Waals surface area contributed by atoms with Gasteiger partial charge in [-0.25, -0.2) is 13.2 Å². The summed E-state index contributed by atoms with van der Waals surface area (Å²) in [6.45, 7) is 0.225. The Hall–Kier alpha value is -0.740. The summed E-state index contributed by atoms with van der Waals surface area (Å²) in [5.74, 6) is -3.09. The summed E-state index contributed by atoms with van der Waals surface area (Å²) in [7, 11) is 0. The van der Waals surface area contributed by atoms with Crippen LogP contribution < -0.4 is 5.73 Å². The van der Waals surface area contributed by atoms with E-state index in [9.17, 15) is 13.2 Å². The first-order valence-corrected chi connectivity index (χ1v) is 6.29. The second-order valence-electron chi connectivity index (χ2n) is 5.00. The summed E-state index contributed by atoms with van der Waals surface area (Å²) in [5.41, 5.74) is 5.80. The highest BCUT2D eigenvalue weighted by atomic mass is 35.5. The van der Waals surface area contributed by atoms with Crippen LogP contribution in [0.25, 0.3) is 0 Å². The molecule has 0 saturated heterocycles. The molecular formula is C13H15ClF3N. The Balaban J connectivity index is 2.33. The molecule has 1 aromatic rings. The second kappa shape index (κ2) is 4.74. The van der Waals surface area contributed by atoms with Gasteiger partial charge in [-0.05, 0) is 36.6 Å². The van der Waals surface area contributed by atoms with Crippen molar-refractivity contribution in [2.75, 3.05) is 6.54 Å². The van der Waals surface area contributed by atoms with Gasteiger partial charge in [0.15, 0.2) is 0 Å². The van der Waals surface area contributed by atoms with E-state index < -0.39 is 17.2 Å². The van der Waals surface area contributed by atoms with Crippen molar-refractivity contribution in [3.8, 4) is 0 Å². The third-order valence-electron chi connectivity index (χ3n) is 3.80. The maximum absolute atomic E-state index is 13.4. The van der Waals surface area contributed by atoms with Gasteiger partial charge in [-0.1, -0.05) is 11.6 Å². The average Bonchev–Trinajstić information content (AvgIpc) is 2.28. The van der Waals surface area contributed by atoms with Gasteiger partial charge in [-0.3, -0.25) is 0 Å². The number of benzene rings is 1. The molecule has 2 rings (SSSR count). The molecule has 1 saturated carbocycles. The molecule has 1 fully saturated rings. The van der Waals surface area contributed by atoms with Gasteiger partial charge < -0.3 is 5.73 Å². The summed E-state index contributed by atoms with van der Waals surface area (Å²) in [6, 6.07) is 4.18. The molecule has 1 aliphatic carbocycles. The summed E-state index contributed by atoms with van der Waals surface area (Å²) >= 11 is 5.82. The van der Waals surface area contributed by atoms with Crippen LogP contribution in [0.1, 0.15) is 31.2 Å². The van der Waals surface area contributed by atoms with Crippen molar-refractivity contribution in [3.63, 3.8) is 0 Å². The van der Waals surface area contributed by atoms with Crippen molar-refractivity contribution >= 4 is 11.6 Å². The van der Waals surface area contributed by atoms with E-state index in [0.717, 1.165) is 0 Å². The van der Waals surface area contributed by atoms with E-state index in [0.29, 0.717) is 5.56 Å². The highest BCUT2D eigenvalue weighted by molar-refractivity contribution is 6.30. The first kappa shape index (κ1) is 13.7. The summed E-state index contributed by atoms with van der Waals surface area (Å²) in [4.78, 5) is 0. The lowest BCUT2D eigenvalue weighted by atomic mass is 9.68. The molecule has 1 aliphatic rings. The summed E-state index contributed by atoms with van der Waals surface area (Å²) < 4.78 is 39.8. The minimum atomic E-state index is -2.63. The molecule has 5 heteroatoms. The third-order valence-corrected chi connectivity index (χ3v) is 4.02. The van der Waals surface area contributed by atoms with Gasteiger partial charge in [-0.15, -0.1) is 0 Å². The Morgan fingerprint density at radius 3 is 2.22 bits per heavy atom. The molecule has 100 valence electrons. The normalized spacial score (nSPS) is 21.8. The van der Waals surface area contributed by atoms with Crippen LogP contribution in [0.15, 0.2) is 18.2 Å². The molecule has 0 atom stereocenters. The fourth-order valence-electron chi connectivity index (χ4n) is 2.56. The van der Waals surface area contributed by atoms with E-state index in [1.165, 1.54) is 12.1 Å². The van der Waals surface area contributed by atoms with Crippen molar-refractivity contribution in [1.82, 2.24) is 0 Å². The van der Waals surface area contributed by atoms with Gasteiger partial charge in [0.25, 0.3) is 0 Å². The van der Waals surface area contributed by atoms with E-state index in [-0.39, 0.29) is 37.3 Å². The molecule has 1 aromatic carbocycles. The molecule has 0 aliphatic heterocycles. The number of rotatable bonds is 2. The highest BCUT2D eigenvalue weighted by Gasteiger charge is 2.43. The predicted molar refractivity (Wildman–Crippen MR) is 65.6 cm³/mol. The molecular weight excluding hydrogens is 263 g/mol. The smallest absolute Gasteiger partial charge is 0.248 e. The SMILES string of the molecule is NCC1(c2cc(F)cc(Cl)c2)CCC(F)(F)CC1. The second-order valence-corrected chi connectivity index (χ2v) is 5.43. The monoisotopic (exact) mass is 277 g/mol. The topological polar surface area (TPSA) is 26.0 Å². The van der Waals surface area contributed by atoms with Crippen LogP contribution >= 0.6 is 11.6 Å². The first-order valence-electron chi connectivity index (χ1n) is 5.91. The van der Waals surface area contributed by atoms with E-state index >= 15 is 0 Å². The molecule has 2 N–H and O–H groups in total. The van der Waals surface area contributed by atoms with Crippen molar-refractivity contribution in [2.24, 2.45) is 5.73 Å². The van der Waals surface area contributed by atoms with E-state index in [4.69, 9.17) is 17.3 Å². The zero-order valence-electron chi connectivity index (χ0n) is 9.86. The molecule has 0 heterocycles. The maximum atomic E-state index is 13.4. The van der Waals surface area contributed by atoms with Gasteiger partial charge in [0, 0.05) is 29.8 Å². The molecule has 0 radical (unpaired) electrons. The molecule has 0 aromatic heterocycles. The zero-order chi connectivity index (χ0) is 13.4. The van der Waals surface area contributed by atoms with E-state index in [1.807, 2.05) is 0 Å². The molecule has 1 nitrogen and oxygen atoms in total. The van der Waals surface area contributed by atoms with Gasteiger partial charge in [-0.2, -0.15) is 0 Å². The fraction of sp³-hybridized carbons (Fsp3) is 0.538. The van der Waals surface area contributed by atoms with Crippen LogP contribution in [0.2, 0.25) is 5.02 Å². The van der Waals surface area contributed by atoms with Crippen LogP contribution in [0.5, 0.6) is 0 Å². The van der Waals surface area contributed by atoms with Gasteiger partial charge in [0.05, 0.1) is 0 Å². The van der Waals surface area contributed by atoms with E-state index in [1.54, 1.807) is 6.07 Å². The fourth-order valence-corrected chi connectivity index (χ4v) is 2.79. The zero-order valence-corrected chi connectivity index (χ0v) is 10.6. The lowest BCUT2D eigenvalue weighted by Gasteiger charge is -2.39. The Kier molecular flexibility index (Phi) is 3.60. The highest BCUT2D eigenvalue weighted by Crippen LogP contribution is 2.45. The molecule has 0 bridgehead atoms. The Morgan fingerprint density at radius 1 is 1.11 bits per heavy atom. The third kappa shape index (κ3) is 2.64. The van der Waals surface area contributed by atoms with Crippen LogP contribution in [0.3, 0.4) is 0 Å². The summed E-state index contributed by atoms with van der Waals surface area (Å²) in [5, 5.41) is 0.273. The number of halogens is 4. The van der Waals surface area contributed by atoms with Crippen LogP contribution in [0, 0.1) is 5.82 Å². The van der Waals surface area contributed by atoms with Crippen molar-refractivity contribution < 1.29 is 13.2 Å². The van der Waals surface area contributed by atoms with Gasteiger partial charge in [0.2, 0.25) is 5.92 Å². The van der Waals surface area contributed by atoms with Gasteiger partial charge >= 0.3 is 0 Å². The van der Waals surface area contributed by atoms with Crippen LogP contribution in [-0.4, -0.2) is 12.5 Å². The maximum Gasteiger partial charge on any atom is 0.248 e. The lowest BCUT2D eigenvalue weighted by molar-refractivity contribution is -0.0509. The van der Waals surface area contributed by atoms with Crippen LogP contribution in [-0.2, 0) is 5.41 Å². The number of hydrogen-bond acceptors (Lipinski definition) is 1. The van der Waals surface area contributed by atoms with E-state index in [2.05, 4.69) is 0 Å². The number of nitrogens with two attached hydrogens (primary N) is 1. The van der Waals surface area contributed by atoms with Crippen molar-refractivity contribution in [3.05, 3.63) is 34.6 Å². The van der Waals surface area contributed by atoms with Gasteiger partial charge in [0.1, 0.15) is 5.82 Å². The minimum Gasteiger partial charge on any atom is -0.330 e. The van der Waals surface area contributed by atoms with Crippen LogP contribution in [0.4, 0.5) is 13.2 Å². The molecule has 0 spiro atoms. The Labute approximate surface area is 109 Å². The standard InChI is InChI=1S/C13H15ClF3N/c14-10-5-9(6-11(15)7-10)12(8-18)1-3-13(16,17)4-2-12/h5-7H,1-4,8,18H2. The Bertz CT molecular complexity index is 418. The van der Waals surface area contributed by atoms with Crippen molar-refractivity contribution in [1.29, 1.82) is 0 Å². The average molecular weight is 278 g/mol. The molecule has 0 unspecified atom stereocenters.